The van der Waals surface area contributed by atoms with Crippen molar-refractivity contribution in [1.82, 2.24) is 5.32 Å². The minimum atomic E-state index is -0.0461. The van der Waals surface area contributed by atoms with Gasteiger partial charge in [0.05, 0.1) is 6.61 Å². The first-order valence-electron chi connectivity index (χ1n) is 6.78. The summed E-state index contributed by atoms with van der Waals surface area (Å²) in [5.74, 6) is 0.704. The molecule has 0 fully saturated rings. The quantitative estimate of drug-likeness (QED) is 0.735. The molecule has 0 saturated heterocycles. The number of amides is 1. The van der Waals surface area contributed by atoms with Crippen molar-refractivity contribution in [2.24, 2.45) is 0 Å². The maximum Gasteiger partial charge on any atom is 0.251 e. The summed E-state index contributed by atoms with van der Waals surface area (Å²) in [5, 5.41) is 2.93. The van der Waals surface area contributed by atoms with Gasteiger partial charge in [-0.3, -0.25) is 4.79 Å². The number of carbonyl (C=O) groups is 1. The summed E-state index contributed by atoms with van der Waals surface area (Å²) in [6.45, 7) is 7.77. The Morgan fingerprint density at radius 3 is 2.47 bits per heavy atom. The molecule has 19 heavy (non-hydrogen) atoms. The highest BCUT2D eigenvalue weighted by atomic mass is 16.5. The molecule has 0 aliphatic carbocycles. The molecule has 1 N–H and O–H groups in total. The molecule has 106 valence electrons. The van der Waals surface area contributed by atoms with Crippen LogP contribution in [-0.2, 0) is 4.74 Å². The number of benzene rings is 1. The second kappa shape index (κ2) is 8.53. The molecule has 1 aromatic carbocycles. The van der Waals surface area contributed by atoms with Crippen LogP contribution in [-0.4, -0.2) is 31.8 Å². The summed E-state index contributed by atoms with van der Waals surface area (Å²) in [6.07, 6.45) is 0.921. The summed E-state index contributed by atoms with van der Waals surface area (Å²) in [7, 11) is 0. The van der Waals surface area contributed by atoms with E-state index >= 15 is 0 Å². The van der Waals surface area contributed by atoms with Gasteiger partial charge in [0, 0.05) is 18.2 Å². The van der Waals surface area contributed by atoms with Gasteiger partial charge in [-0.15, -0.1) is 0 Å². The summed E-state index contributed by atoms with van der Waals surface area (Å²) in [6, 6.07) is 7.34. The molecule has 0 radical (unpaired) electrons. The highest BCUT2D eigenvalue weighted by Crippen LogP contribution is 2.12. The van der Waals surface area contributed by atoms with Gasteiger partial charge in [-0.1, -0.05) is 6.92 Å². The third-order valence-electron chi connectivity index (χ3n) is 2.81. The molecule has 1 rings (SSSR count). The van der Waals surface area contributed by atoms with E-state index in [0.717, 1.165) is 12.2 Å². The molecule has 4 nitrogen and oxygen atoms in total. The van der Waals surface area contributed by atoms with Crippen LogP contribution >= 0.6 is 0 Å². The molecule has 4 heteroatoms. The number of ether oxygens (including phenoxy) is 2. The SMILES string of the molecule is CCOCCOc1ccc(C(=O)N[C@@H](C)CC)cc1. The van der Waals surface area contributed by atoms with E-state index in [1.807, 2.05) is 20.8 Å². The van der Waals surface area contributed by atoms with E-state index in [0.29, 0.717) is 25.4 Å². The molecular formula is C15H23NO3. The molecule has 0 saturated carbocycles. The first-order valence-corrected chi connectivity index (χ1v) is 6.78. The largest absolute Gasteiger partial charge is 0.491 e. The number of rotatable bonds is 8. The fraction of sp³-hybridized carbons (Fsp3) is 0.533. The van der Waals surface area contributed by atoms with Crippen molar-refractivity contribution in [2.75, 3.05) is 19.8 Å². The number of carbonyl (C=O) groups excluding carboxylic acids is 1. The van der Waals surface area contributed by atoms with Gasteiger partial charge >= 0.3 is 0 Å². The van der Waals surface area contributed by atoms with Crippen molar-refractivity contribution in [1.29, 1.82) is 0 Å². The van der Waals surface area contributed by atoms with Crippen LogP contribution in [0, 0.1) is 0 Å². The fourth-order valence-electron chi connectivity index (χ4n) is 1.47. The molecule has 0 spiro atoms. The molecule has 0 bridgehead atoms. The maximum atomic E-state index is 11.9. The van der Waals surface area contributed by atoms with Crippen LogP contribution in [0.25, 0.3) is 0 Å². The Labute approximate surface area is 115 Å². The van der Waals surface area contributed by atoms with Crippen molar-refractivity contribution in [3.8, 4) is 5.75 Å². The van der Waals surface area contributed by atoms with Gasteiger partial charge in [0.25, 0.3) is 5.91 Å². The Hall–Kier alpha value is -1.55. The minimum absolute atomic E-state index is 0.0461. The van der Waals surface area contributed by atoms with E-state index in [1.165, 1.54) is 0 Å². The van der Waals surface area contributed by atoms with Gasteiger partial charge in [-0.05, 0) is 44.5 Å². The third kappa shape index (κ3) is 5.75. The zero-order chi connectivity index (χ0) is 14.1. The van der Waals surface area contributed by atoms with Gasteiger partial charge < -0.3 is 14.8 Å². The van der Waals surface area contributed by atoms with E-state index in [-0.39, 0.29) is 11.9 Å². The predicted octanol–water partition coefficient (Wildman–Crippen LogP) is 2.63. The molecule has 1 atom stereocenters. The number of nitrogens with one attached hydrogen (secondary N) is 1. The minimum Gasteiger partial charge on any atom is -0.491 e. The van der Waals surface area contributed by atoms with Crippen molar-refractivity contribution in [3.05, 3.63) is 29.8 Å². The normalized spacial score (nSPS) is 11.9. The average molecular weight is 265 g/mol. The molecule has 0 aromatic heterocycles. The van der Waals surface area contributed by atoms with Crippen LogP contribution in [0.3, 0.4) is 0 Å². The van der Waals surface area contributed by atoms with E-state index in [1.54, 1.807) is 24.3 Å². The van der Waals surface area contributed by atoms with Crippen LogP contribution < -0.4 is 10.1 Å². The van der Waals surface area contributed by atoms with Crippen molar-refractivity contribution < 1.29 is 14.3 Å². The Morgan fingerprint density at radius 2 is 1.89 bits per heavy atom. The van der Waals surface area contributed by atoms with Gasteiger partial charge in [0.2, 0.25) is 0 Å². The Morgan fingerprint density at radius 1 is 1.21 bits per heavy atom. The van der Waals surface area contributed by atoms with Crippen molar-refractivity contribution in [2.45, 2.75) is 33.2 Å². The molecule has 0 heterocycles. The third-order valence-corrected chi connectivity index (χ3v) is 2.81. The molecule has 0 aliphatic heterocycles. The lowest BCUT2D eigenvalue weighted by Gasteiger charge is -2.11. The highest BCUT2D eigenvalue weighted by molar-refractivity contribution is 5.94. The van der Waals surface area contributed by atoms with Crippen LogP contribution in [0.2, 0.25) is 0 Å². The van der Waals surface area contributed by atoms with Crippen molar-refractivity contribution in [3.63, 3.8) is 0 Å². The molecular weight excluding hydrogens is 242 g/mol. The Kier molecular flexibility index (Phi) is 6.97. The topological polar surface area (TPSA) is 47.6 Å². The van der Waals surface area contributed by atoms with E-state index in [2.05, 4.69) is 5.32 Å². The van der Waals surface area contributed by atoms with Crippen LogP contribution in [0.1, 0.15) is 37.6 Å². The second-order valence-electron chi connectivity index (χ2n) is 4.35. The van der Waals surface area contributed by atoms with E-state index in [4.69, 9.17) is 9.47 Å². The second-order valence-corrected chi connectivity index (χ2v) is 4.35. The predicted molar refractivity (Wildman–Crippen MR) is 75.6 cm³/mol. The van der Waals surface area contributed by atoms with Crippen molar-refractivity contribution >= 4 is 5.91 Å². The maximum absolute atomic E-state index is 11.9. The lowest BCUT2D eigenvalue weighted by molar-refractivity contribution is 0.0939. The van der Waals surface area contributed by atoms with Gasteiger partial charge in [-0.25, -0.2) is 0 Å². The molecule has 1 aromatic rings. The van der Waals surface area contributed by atoms with Crippen LogP contribution in [0.15, 0.2) is 24.3 Å². The van der Waals surface area contributed by atoms with Gasteiger partial charge in [0.15, 0.2) is 0 Å². The smallest absolute Gasteiger partial charge is 0.251 e. The number of hydrogen-bond acceptors (Lipinski definition) is 3. The summed E-state index contributed by atoms with van der Waals surface area (Å²) in [4.78, 5) is 11.9. The monoisotopic (exact) mass is 265 g/mol. The van der Waals surface area contributed by atoms with Crippen LogP contribution in [0.4, 0.5) is 0 Å². The molecule has 0 aliphatic rings. The lowest BCUT2D eigenvalue weighted by Crippen LogP contribution is -2.31. The van der Waals surface area contributed by atoms with E-state index in [9.17, 15) is 4.79 Å². The Balaban J connectivity index is 2.44. The first-order chi connectivity index (χ1) is 9.17. The average Bonchev–Trinajstić information content (AvgIpc) is 2.44. The zero-order valence-electron chi connectivity index (χ0n) is 11.9. The molecule has 0 unspecified atom stereocenters. The fourth-order valence-corrected chi connectivity index (χ4v) is 1.47. The van der Waals surface area contributed by atoms with Gasteiger partial charge in [0.1, 0.15) is 12.4 Å². The zero-order valence-corrected chi connectivity index (χ0v) is 11.9. The standard InChI is InChI=1S/C15H23NO3/c1-4-12(3)16-15(17)13-6-8-14(9-7-13)19-11-10-18-5-2/h6-9,12H,4-5,10-11H2,1-3H3,(H,16,17)/t12-/m0/s1. The lowest BCUT2D eigenvalue weighted by atomic mass is 10.2. The van der Waals surface area contributed by atoms with Crippen LogP contribution in [0.5, 0.6) is 5.75 Å². The summed E-state index contributed by atoms with van der Waals surface area (Å²) in [5.41, 5.74) is 0.650. The van der Waals surface area contributed by atoms with E-state index < -0.39 is 0 Å². The Bertz CT molecular complexity index is 375. The highest BCUT2D eigenvalue weighted by Gasteiger charge is 2.08. The number of hydrogen-bond donors (Lipinski definition) is 1. The summed E-state index contributed by atoms with van der Waals surface area (Å²) >= 11 is 0. The first kappa shape index (κ1) is 15.5. The summed E-state index contributed by atoms with van der Waals surface area (Å²) < 4.78 is 10.7. The van der Waals surface area contributed by atoms with Gasteiger partial charge in [-0.2, -0.15) is 0 Å². The molecule has 1 amide bonds.